The fourth-order valence-electron chi connectivity index (χ4n) is 4.95. The van der Waals surface area contributed by atoms with Crippen molar-refractivity contribution in [2.45, 2.75) is 78.7 Å². The molecule has 0 atom stereocenters. The van der Waals surface area contributed by atoms with Crippen LogP contribution in [0.2, 0.25) is 0 Å². The van der Waals surface area contributed by atoms with Crippen LogP contribution in [-0.2, 0) is 17.4 Å². The zero-order valence-electron chi connectivity index (χ0n) is 21.4. The van der Waals surface area contributed by atoms with E-state index in [2.05, 4.69) is 58.1 Å². The Hall–Kier alpha value is -3.14. The van der Waals surface area contributed by atoms with Crippen LogP contribution in [0.25, 0.3) is 0 Å². The van der Waals surface area contributed by atoms with Gasteiger partial charge in [0.05, 0.1) is 0 Å². The van der Waals surface area contributed by atoms with Crippen LogP contribution >= 0.6 is 0 Å². The molecule has 0 radical (unpaired) electrons. The van der Waals surface area contributed by atoms with E-state index in [9.17, 15) is 9.59 Å². The van der Waals surface area contributed by atoms with Crippen molar-refractivity contribution in [1.29, 1.82) is 0 Å². The van der Waals surface area contributed by atoms with Gasteiger partial charge in [-0.3, -0.25) is 9.59 Å². The number of carbonyl (C=O) groups excluding carboxylic acids is 2. The fraction of sp³-hybridized carbons (Fsp3) is 0.400. The number of hydrogen-bond donors (Lipinski definition) is 1. The van der Waals surface area contributed by atoms with E-state index >= 15 is 0 Å². The molecule has 4 rings (SSSR count). The van der Waals surface area contributed by atoms with E-state index in [1.165, 1.54) is 16.7 Å². The Morgan fingerprint density at radius 1 is 0.853 bits per heavy atom. The van der Waals surface area contributed by atoms with Gasteiger partial charge in [-0.25, -0.2) is 0 Å². The average molecular weight is 458 g/mol. The number of nitrogens with one attached hydrogen (secondary N) is 1. The molecule has 4 heteroatoms. The van der Waals surface area contributed by atoms with E-state index < -0.39 is 0 Å². The molecule has 4 nitrogen and oxygen atoms in total. The molecule has 3 aromatic rings. The van der Waals surface area contributed by atoms with Crippen LogP contribution in [0.3, 0.4) is 0 Å². The average Bonchev–Trinajstić information content (AvgIpc) is 3.27. The molecule has 0 unspecified atom stereocenters. The summed E-state index contributed by atoms with van der Waals surface area (Å²) in [7, 11) is 0. The van der Waals surface area contributed by atoms with Crippen molar-refractivity contribution in [2.75, 3.05) is 0 Å². The lowest BCUT2D eigenvalue weighted by Crippen LogP contribution is -2.34. The number of benzene rings is 2. The van der Waals surface area contributed by atoms with Crippen LogP contribution in [0, 0.1) is 20.8 Å². The van der Waals surface area contributed by atoms with Gasteiger partial charge in [0.2, 0.25) is 5.78 Å². The molecular weight excluding hydrogens is 422 g/mol. The summed E-state index contributed by atoms with van der Waals surface area (Å²) < 4.78 is 5.73. The molecular formula is C30H35NO3. The van der Waals surface area contributed by atoms with Gasteiger partial charge in [0.15, 0.2) is 11.5 Å². The van der Waals surface area contributed by atoms with Crippen LogP contribution in [0.5, 0.6) is 0 Å². The van der Waals surface area contributed by atoms with Crippen LogP contribution in [0.1, 0.15) is 101 Å². The minimum Gasteiger partial charge on any atom is -0.447 e. The fourth-order valence-corrected chi connectivity index (χ4v) is 4.95. The molecule has 0 fully saturated rings. The molecule has 178 valence electrons. The largest absolute Gasteiger partial charge is 0.447 e. The molecule has 0 saturated carbocycles. The zero-order valence-corrected chi connectivity index (χ0v) is 21.4. The summed E-state index contributed by atoms with van der Waals surface area (Å²) in [5, 5.41) is 2.90. The topological polar surface area (TPSA) is 59.3 Å². The van der Waals surface area contributed by atoms with Crippen molar-refractivity contribution in [3.8, 4) is 0 Å². The quantitative estimate of drug-likeness (QED) is 0.433. The first-order valence-corrected chi connectivity index (χ1v) is 12.0. The van der Waals surface area contributed by atoms with Gasteiger partial charge in [-0.1, -0.05) is 52.0 Å². The zero-order chi connectivity index (χ0) is 24.8. The van der Waals surface area contributed by atoms with Crippen LogP contribution < -0.4 is 5.32 Å². The lowest BCUT2D eigenvalue weighted by Gasteiger charge is -2.42. The van der Waals surface area contributed by atoms with Crippen LogP contribution in [0.4, 0.5) is 0 Å². The SMILES string of the molecule is Cc1cc2c(cc1C(=O)c1ccc(C(=O)NCc3cccc(C)c3C)o1)C(C)(C)CCC2(C)C. The Kier molecular flexibility index (Phi) is 6.05. The van der Waals surface area contributed by atoms with E-state index in [1.807, 2.05) is 26.0 Å². The third-order valence-electron chi connectivity index (χ3n) is 7.65. The minimum atomic E-state index is -0.329. The van der Waals surface area contributed by atoms with Crippen molar-refractivity contribution in [1.82, 2.24) is 5.32 Å². The van der Waals surface area contributed by atoms with Crippen LogP contribution in [-0.4, -0.2) is 11.7 Å². The summed E-state index contributed by atoms with van der Waals surface area (Å²) >= 11 is 0. The Balaban J connectivity index is 1.57. The number of fused-ring (bicyclic) bond motifs is 1. The smallest absolute Gasteiger partial charge is 0.287 e. The number of ketones is 1. The highest BCUT2D eigenvalue weighted by Gasteiger charge is 2.38. The van der Waals surface area contributed by atoms with E-state index in [0.29, 0.717) is 12.1 Å². The predicted molar refractivity (Wildman–Crippen MR) is 136 cm³/mol. The summed E-state index contributed by atoms with van der Waals surface area (Å²) in [5.74, 6) is -0.184. The third kappa shape index (κ3) is 4.34. The second-order valence-corrected chi connectivity index (χ2v) is 11.0. The normalized spacial score (nSPS) is 16.1. The van der Waals surface area contributed by atoms with Gasteiger partial charge in [-0.05, 0) is 96.0 Å². The summed E-state index contributed by atoms with van der Waals surface area (Å²) in [4.78, 5) is 26.1. The highest BCUT2D eigenvalue weighted by molar-refractivity contribution is 6.09. The molecule has 1 aliphatic carbocycles. The molecule has 2 aromatic carbocycles. The van der Waals surface area contributed by atoms with Gasteiger partial charge in [0, 0.05) is 12.1 Å². The molecule has 1 heterocycles. The van der Waals surface area contributed by atoms with E-state index in [4.69, 9.17) is 4.42 Å². The second kappa shape index (κ2) is 8.57. The van der Waals surface area contributed by atoms with Crippen molar-refractivity contribution < 1.29 is 14.0 Å². The van der Waals surface area contributed by atoms with Crippen molar-refractivity contribution in [3.05, 3.63) is 92.9 Å². The lowest BCUT2D eigenvalue weighted by atomic mass is 9.62. The Labute approximate surface area is 202 Å². The Morgan fingerprint density at radius 3 is 2.15 bits per heavy atom. The molecule has 34 heavy (non-hydrogen) atoms. The first kappa shape index (κ1) is 24.0. The highest BCUT2D eigenvalue weighted by atomic mass is 16.4. The van der Waals surface area contributed by atoms with E-state index in [0.717, 1.165) is 29.5 Å². The first-order chi connectivity index (χ1) is 15.9. The van der Waals surface area contributed by atoms with Gasteiger partial charge in [-0.15, -0.1) is 0 Å². The number of amides is 1. The maximum atomic E-state index is 13.4. The molecule has 0 saturated heterocycles. The molecule has 1 amide bonds. The number of aryl methyl sites for hydroxylation is 2. The molecule has 0 spiro atoms. The summed E-state index contributed by atoms with van der Waals surface area (Å²) in [5.41, 5.74) is 7.63. The van der Waals surface area contributed by atoms with Crippen molar-refractivity contribution in [2.24, 2.45) is 0 Å². The van der Waals surface area contributed by atoms with Crippen molar-refractivity contribution >= 4 is 11.7 Å². The van der Waals surface area contributed by atoms with Crippen LogP contribution in [0.15, 0.2) is 46.9 Å². The molecule has 0 bridgehead atoms. The van der Waals surface area contributed by atoms with Gasteiger partial charge >= 0.3 is 0 Å². The Bertz CT molecular complexity index is 1280. The van der Waals surface area contributed by atoms with Gasteiger partial charge in [-0.2, -0.15) is 0 Å². The standard InChI is InChI=1S/C30H35NO3/c1-18-9-8-10-21(20(18)3)17-31-28(33)26-12-11-25(34-26)27(32)22-16-24-23(15-19(22)2)29(4,5)13-14-30(24,6)7/h8-12,15-16H,13-14,17H2,1-7H3,(H,31,33). The molecule has 1 aliphatic rings. The lowest BCUT2D eigenvalue weighted by molar-refractivity contribution is 0.0917. The number of furan rings is 1. The summed E-state index contributed by atoms with van der Waals surface area (Å²) in [6.45, 7) is 15.5. The molecule has 0 aliphatic heterocycles. The molecule has 1 aromatic heterocycles. The predicted octanol–water partition coefficient (Wildman–Crippen LogP) is 6.71. The Morgan fingerprint density at radius 2 is 1.47 bits per heavy atom. The monoisotopic (exact) mass is 457 g/mol. The maximum Gasteiger partial charge on any atom is 0.287 e. The number of rotatable bonds is 5. The summed E-state index contributed by atoms with van der Waals surface area (Å²) in [6.07, 6.45) is 2.20. The van der Waals surface area contributed by atoms with Gasteiger partial charge < -0.3 is 9.73 Å². The van der Waals surface area contributed by atoms with Gasteiger partial charge in [0.25, 0.3) is 5.91 Å². The number of carbonyl (C=O) groups is 2. The number of hydrogen-bond acceptors (Lipinski definition) is 3. The van der Waals surface area contributed by atoms with E-state index in [1.54, 1.807) is 12.1 Å². The highest BCUT2D eigenvalue weighted by Crippen LogP contribution is 2.46. The van der Waals surface area contributed by atoms with Crippen molar-refractivity contribution in [3.63, 3.8) is 0 Å². The maximum absolute atomic E-state index is 13.4. The second-order valence-electron chi connectivity index (χ2n) is 11.0. The van der Waals surface area contributed by atoms with E-state index in [-0.39, 0.29) is 34.0 Å². The minimum absolute atomic E-state index is 0.00964. The summed E-state index contributed by atoms with van der Waals surface area (Å²) in [6, 6.07) is 13.4. The first-order valence-electron chi connectivity index (χ1n) is 12.0. The molecule has 1 N–H and O–H groups in total. The third-order valence-corrected chi connectivity index (χ3v) is 7.65. The van der Waals surface area contributed by atoms with Gasteiger partial charge in [0.1, 0.15) is 0 Å².